The second-order valence-corrected chi connectivity index (χ2v) is 7.13. The molecule has 0 spiro atoms. The summed E-state index contributed by atoms with van der Waals surface area (Å²) in [5, 5.41) is 6.66. The van der Waals surface area contributed by atoms with E-state index in [9.17, 15) is 8.42 Å². The summed E-state index contributed by atoms with van der Waals surface area (Å²) in [5.74, 6) is 0.972. The number of hydrogen-bond donors (Lipinski definition) is 3. The maximum atomic E-state index is 11.3. The van der Waals surface area contributed by atoms with Crippen molar-refractivity contribution in [3.8, 4) is 0 Å². The van der Waals surface area contributed by atoms with Crippen LogP contribution in [-0.4, -0.2) is 45.8 Å². The maximum Gasteiger partial charge on any atom is 0.211 e. The van der Waals surface area contributed by atoms with Crippen LogP contribution in [0.5, 0.6) is 0 Å². The minimum absolute atomic E-state index is 0.127. The average Bonchev–Trinajstić information content (AvgIpc) is 2.91. The third kappa shape index (κ3) is 7.09. The van der Waals surface area contributed by atoms with E-state index in [2.05, 4.69) is 20.3 Å². The SMILES string of the molecule is CCNC(=NCCCNS(=O)(=O)CC)NC1CCCC1. The van der Waals surface area contributed by atoms with Crippen molar-refractivity contribution in [2.75, 3.05) is 25.4 Å². The molecule has 1 aliphatic carbocycles. The molecule has 0 amide bonds. The standard InChI is InChI=1S/C13H28N4O2S/c1-3-14-13(17-12-8-5-6-9-12)15-10-7-11-16-20(18,19)4-2/h12,16H,3-11H2,1-2H3,(H2,14,15,17). The van der Waals surface area contributed by atoms with Gasteiger partial charge in [-0.1, -0.05) is 12.8 Å². The van der Waals surface area contributed by atoms with E-state index in [-0.39, 0.29) is 5.75 Å². The Bertz CT molecular complexity index is 389. The fourth-order valence-electron chi connectivity index (χ4n) is 2.18. The predicted molar refractivity (Wildman–Crippen MR) is 83.5 cm³/mol. The lowest BCUT2D eigenvalue weighted by Gasteiger charge is -2.16. The van der Waals surface area contributed by atoms with E-state index < -0.39 is 10.0 Å². The Kier molecular flexibility index (Phi) is 7.91. The molecular weight excluding hydrogens is 276 g/mol. The summed E-state index contributed by atoms with van der Waals surface area (Å²) in [6.07, 6.45) is 5.70. The van der Waals surface area contributed by atoms with Gasteiger partial charge in [0.1, 0.15) is 0 Å². The van der Waals surface area contributed by atoms with Crippen LogP contribution in [0.15, 0.2) is 4.99 Å². The second kappa shape index (κ2) is 9.18. The van der Waals surface area contributed by atoms with Crippen molar-refractivity contribution < 1.29 is 8.42 Å². The minimum atomic E-state index is -3.08. The molecule has 1 aliphatic rings. The van der Waals surface area contributed by atoms with E-state index in [1.54, 1.807) is 6.92 Å². The Balaban J connectivity index is 2.27. The van der Waals surface area contributed by atoms with Crippen molar-refractivity contribution in [3.63, 3.8) is 0 Å². The monoisotopic (exact) mass is 304 g/mol. The predicted octanol–water partition coefficient (Wildman–Crippen LogP) is 0.814. The number of rotatable bonds is 8. The maximum absolute atomic E-state index is 11.3. The lowest BCUT2D eigenvalue weighted by Crippen LogP contribution is -2.42. The van der Waals surface area contributed by atoms with Gasteiger partial charge in [-0.2, -0.15) is 0 Å². The molecule has 0 aliphatic heterocycles. The van der Waals surface area contributed by atoms with E-state index in [1.807, 2.05) is 6.92 Å². The lowest BCUT2D eigenvalue weighted by atomic mass is 10.2. The zero-order valence-electron chi connectivity index (χ0n) is 12.6. The molecular formula is C13H28N4O2S. The van der Waals surface area contributed by atoms with Crippen LogP contribution in [0.2, 0.25) is 0 Å². The van der Waals surface area contributed by atoms with Gasteiger partial charge in [-0.25, -0.2) is 13.1 Å². The van der Waals surface area contributed by atoms with Crippen molar-refractivity contribution in [1.29, 1.82) is 0 Å². The Morgan fingerprint density at radius 3 is 2.55 bits per heavy atom. The molecule has 0 unspecified atom stereocenters. The number of nitrogens with zero attached hydrogens (tertiary/aromatic N) is 1. The zero-order chi connectivity index (χ0) is 14.8. The molecule has 1 fully saturated rings. The number of aliphatic imine (C=N–C) groups is 1. The summed E-state index contributed by atoms with van der Waals surface area (Å²) in [6, 6.07) is 0.534. The molecule has 0 bridgehead atoms. The van der Waals surface area contributed by atoms with Gasteiger partial charge in [0.2, 0.25) is 10.0 Å². The number of nitrogens with one attached hydrogen (secondary N) is 3. The molecule has 0 saturated heterocycles. The van der Waals surface area contributed by atoms with Gasteiger partial charge in [-0.15, -0.1) is 0 Å². The van der Waals surface area contributed by atoms with Crippen LogP contribution in [0.3, 0.4) is 0 Å². The average molecular weight is 304 g/mol. The van der Waals surface area contributed by atoms with Crippen molar-refractivity contribution in [2.24, 2.45) is 4.99 Å². The third-order valence-electron chi connectivity index (χ3n) is 3.35. The first-order valence-corrected chi connectivity index (χ1v) is 9.24. The van der Waals surface area contributed by atoms with E-state index in [4.69, 9.17) is 0 Å². The molecule has 0 radical (unpaired) electrons. The van der Waals surface area contributed by atoms with Crippen molar-refractivity contribution in [3.05, 3.63) is 0 Å². The van der Waals surface area contributed by atoms with Gasteiger partial charge in [-0.05, 0) is 33.1 Å². The van der Waals surface area contributed by atoms with Crippen LogP contribution in [-0.2, 0) is 10.0 Å². The molecule has 0 atom stereocenters. The largest absolute Gasteiger partial charge is 0.357 e. The van der Waals surface area contributed by atoms with Crippen LogP contribution in [0.25, 0.3) is 0 Å². The van der Waals surface area contributed by atoms with E-state index in [1.165, 1.54) is 25.7 Å². The highest BCUT2D eigenvalue weighted by atomic mass is 32.2. The van der Waals surface area contributed by atoms with Crippen LogP contribution >= 0.6 is 0 Å². The molecule has 7 heteroatoms. The Morgan fingerprint density at radius 2 is 1.95 bits per heavy atom. The number of sulfonamides is 1. The van der Waals surface area contributed by atoms with E-state index >= 15 is 0 Å². The molecule has 118 valence electrons. The van der Waals surface area contributed by atoms with Crippen molar-refractivity contribution >= 4 is 16.0 Å². The van der Waals surface area contributed by atoms with Crippen LogP contribution < -0.4 is 15.4 Å². The van der Waals surface area contributed by atoms with Crippen LogP contribution in [0.4, 0.5) is 0 Å². The van der Waals surface area contributed by atoms with Gasteiger partial charge in [0, 0.05) is 25.7 Å². The highest BCUT2D eigenvalue weighted by molar-refractivity contribution is 7.89. The summed E-state index contributed by atoms with van der Waals surface area (Å²) < 4.78 is 25.1. The first-order valence-electron chi connectivity index (χ1n) is 7.59. The molecule has 0 aromatic heterocycles. The molecule has 0 heterocycles. The summed E-state index contributed by atoms with van der Waals surface area (Å²) in [5.41, 5.74) is 0. The van der Waals surface area contributed by atoms with E-state index in [0.717, 1.165) is 12.5 Å². The Morgan fingerprint density at radius 1 is 1.25 bits per heavy atom. The van der Waals surface area contributed by atoms with Gasteiger partial charge < -0.3 is 10.6 Å². The van der Waals surface area contributed by atoms with Gasteiger partial charge in [-0.3, -0.25) is 4.99 Å². The Labute approximate surface area is 122 Å². The normalized spacial score (nSPS) is 17.4. The molecule has 6 nitrogen and oxygen atoms in total. The molecule has 1 saturated carbocycles. The molecule has 3 N–H and O–H groups in total. The number of guanidine groups is 1. The third-order valence-corrected chi connectivity index (χ3v) is 4.75. The topological polar surface area (TPSA) is 82.6 Å². The van der Waals surface area contributed by atoms with E-state index in [0.29, 0.717) is 25.6 Å². The highest BCUT2D eigenvalue weighted by Crippen LogP contribution is 2.17. The van der Waals surface area contributed by atoms with Crippen LogP contribution in [0.1, 0.15) is 46.0 Å². The minimum Gasteiger partial charge on any atom is -0.357 e. The van der Waals surface area contributed by atoms with Gasteiger partial charge in [0.15, 0.2) is 5.96 Å². The zero-order valence-corrected chi connectivity index (χ0v) is 13.4. The van der Waals surface area contributed by atoms with Gasteiger partial charge >= 0.3 is 0 Å². The summed E-state index contributed by atoms with van der Waals surface area (Å²) >= 11 is 0. The summed E-state index contributed by atoms with van der Waals surface area (Å²) in [7, 11) is -3.08. The van der Waals surface area contributed by atoms with Gasteiger partial charge in [0.25, 0.3) is 0 Å². The summed E-state index contributed by atoms with van der Waals surface area (Å²) in [4.78, 5) is 4.48. The molecule has 0 aromatic carbocycles. The van der Waals surface area contributed by atoms with Gasteiger partial charge in [0.05, 0.1) is 5.75 Å². The Hall–Kier alpha value is -0.820. The fourth-order valence-corrected chi connectivity index (χ4v) is 2.84. The second-order valence-electron chi connectivity index (χ2n) is 5.04. The molecule has 0 aromatic rings. The highest BCUT2D eigenvalue weighted by Gasteiger charge is 2.15. The quantitative estimate of drug-likeness (QED) is 0.352. The van der Waals surface area contributed by atoms with Crippen molar-refractivity contribution in [2.45, 2.75) is 52.0 Å². The molecule has 20 heavy (non-hydrogen) atoms. The summed E-state index contributed by atoms with van der Waals surface area (Å²) in [6.45, 7) is 5.58. The smallest absolute Gasteiger partial charge is 0.211 e. The van der Waals surface area contributed by atoms with Crippen LogP contribution in [0, 0.1) is 0 Å². The number of hydrogen-bond acceptors (Lipinski definition) is 3. The lowest BCUT2D eigenvalue weighted by molar-refractivity contribution is 0.580. The first-order chi connectivity index (χ1) is 9.57. The fraction of sp³-hybridized carbons (Fsp3) is 0.923. The first kappa shape index (κ1) is 17.2. The molecule has 1 rings (SSSR count). The van der Waals surface area contributed by atoms with Crippen molar-refractivity contribution in [1.82, 2.24) is 15.4 Å².